The van der Waals surface area contributed by atoms with Gasteiger partial charge in [0.05, 0.1) is 13.2 Å². The second-order valence-corrected chi connectivity index (χ2v) is 7.13. The van der Waals surface area contributed by atoms with E-state index >= 15 is 0 Å². The summed E-state index contributed by atoms with van der Waals surface area (Å²) < 4.78 is 5.39. The Hall–Kier alpha value is -3.43. The number of amides is 3. The Morgan fingerprint density at radius 2 is 1.52 bits per heavy atom. The van der Waals surface area contributed by atoms with Gasteiger partial charge in [0.25, 0.3) is 17.7 Å². The second-order valence-electron chi connectivity index (χ2n) is 7.13. The zero-order valence-electron chi connectivity index (χ0n) is 17.5. The summed E-state index contributed by atoms with van der Waals surface area (Å²) in [6.07, 6.45) is 0. The lowest BCUT2D eigenvalue weighted by atomic mass is 10.0. The number of nitrogens with one attached hydrogen (secondary N) is 2. The molecule has 3 amide bonds. The van der Waals surface area contributed by atoms with Crippen molar-refractivity contribution in [2.75, 3.05) is 45.3 Å². The predicted octanol–water partition coefficient (Wildman–Crippen LogP) is 0.882. The van der Waals surface area contributed by atoms with Gasteiger partial charge in [-0.3, -0.25) is 19.6 Å². The van der Waals surface area contributed by atoms with Crippen LogP contribution < -0.4 is 15.7 Å². The van der Waals surface area contributed by atoms with Crippen molar-refractivity contribution < 1.29 is 24.3 Å². The largest absolute Gasteiger partial charge is 0.378 e. The van der Waals surface area contributed by atoms with E-state index < -0.39 is 23.8 Å². The van der Waals surface area contributed by atoms with E-state index in [4.69, 9.17) is 9.94 Å². The van der Waals surface area contributed by atoms with Crippen LogP contribution in [0.1, 0.15) is 10.4 Å². The molecule has 1 aliphatic heterocycles. The van der Waals surface area contributed by atoms with Gasteiger partial charge in [-0.1, -0.05) is 24.3 Å². The summed E-state index contributed by atoms with van der Waals surface area (Å²) in [6, 6.07) is 13.6. The van der Waals surface area contributed by atoms with Crippen LogP contribution in [0.5, 0.6) is 0 Å². The summed E-state index contributed by atoms with van der Waals surface area (Å²) >= 11 is 0. The monoisotopic (exact) mass is 426 g/mol. The number of morpholine rings is 1. The third kappa shape index (κ3) is 5.01. The molecule has 1 atom stereocenters. The molecule has 31 heavy (non-hydrogen) atoms. The highest BCUT2D eigenvalue weighted by molar-refractivity contribution is 6.08. The van der Waals surface area contributed by atoms with E-state index in [1.165, 1.54) is 19.6 Å². The molecule has 0 spiro atoms. The number of carbonyl (C=O) groups is 3. The Labute approximate surface area is 180 Å². The number of rotatable bonds is 6. The smallest absolute Gasteiger partial charge is 0.275 e. The van der Waals surface area contributed by atoms with Gasteiger partial charge in [0.2, 0.25) is 0 Å². The van der Waals surface area contributed by atoms with E-state index in [0.29, 0.717) is 5.56 Å². The van der Waals surface area contributed by atoms with Crippen molar-refractivity contribution in [2.45, 2.75) is 6.04 Å². The fourth-order valence-corrected chi connectivity index (χ4v) is 3.48. The number of likely N-dealkylation sites (N-methyl/N-ethyl adjacent to an activating group) is 2. The summed E-state index contributed by atoms with van der Waals surface area (Å²) in [5, 5.41) is 11.2. The Kier molecular flexibility index (Phi) is 7.22. The summed E-state index contributed by atoms with van der Waals surface area (Å²) in [6.45, 7) is 3.20. The molecule has 1 saturated heterocycles. The fourth-order valence-electron chi connectivity index (χ4n) is 3.48. The third-order valence-corrected chi connectivity index (χ3v) is 5.27. The lowest BCUT2D eigenvalue weighted by molar-refractivity contribution is -0.140. The normalized spacial score (nSPS) is 14.5. The number of hydroxylamine groups is 1. The molecule has 1 heterocycles. The third-order valence-electron chi connectivity index (χ3n) is 5.27. The van der Waals surface area contributed by atoms with Crippen molar-refractivity contribution >= 4 is 23.4 Å². The maximum atomic E-state index is 12.8. The Morgan fingerprint density at radius 1 is 0.968 bits per heavy atom. The number of hydrogen-bond donors (Lipinski definition) is 3. The molecular weight excluding hydrogens is 400 g/mol. The van der Waals surface area contributed by atoms with Crippen LogP contribution in [0.2, 0.25) is 0 Å². The van der Waals surface area contributed by atoms with Crippen LogP contribution in [0, 0.1) is 0 Å². The van der Waals surface area contributed by atoms with E-state index in [1.807, 2.05) is 24.3 Å². The van der Waals surface area contributed by atoms with Gasteiger partial charge >= 0.3 is 0 Å². The summed E-state index contributed by atoms with van der Waals surface area (Å²) in [5.74, 6) is -2.22. The van der Waals surface area contributed by atoms with Gasteiger partial charge in [0.1, 0.15) is 0 Å². The van der Waals surface area contributed by atoms with Crippen LogP contribution in [0.25, 0.3) is 11.1 Å². The van der Waals surface area contributed by atoms with Gasteiger partial charge in [-0.05, 0) is 35.4 Å². The molecular formula is C22H26N4O5. The SMILES string of the molecule is CNC(=O)C(C(=O)NO)N(C)C(=O)c1ccc(-c2ccc(N3CCOCC3)cc2)cc1. The molecule has 0 saturated carbocycles. The number of anilines is 1. The molecule has 2 aromatic rings. The highest BCUT2D eigenvalue weighted by atomic mass is 16.5. The fraction of sp³-hybridized carbons (Fsp3) is 0.318. The average molecular weight is 426 g/mol. The molecule has 0 aliphatic carbocycles. The lowest BCUT2D eigenvalue weighted by Gasteiger charge is -2.28. The molecule has 1 aliphatic rings. The van der Waals surface area contributed by atoms with Gasteiger partial charge in [0, 0.05) is 38.4 Å². The van der Waals surface area contributed by atoms with Gasteiger partial charge < -0.3 is 19.9 Å². The van der Waals surface area contributed by atoms with E-state index in [9.17, 15) is 14.4 Å². The first-order chi connectivity index (χ1) is 15.0. The molecule has 1 unspecified atom stereocenters. The van der Waals surface area contributed by atoms with Crippen molar-refractivity contribution in [3.63, 3.8) is 0 Å². The van der Waals surface area contributed by atoms with E-state index in [2.05, 4.69) is 22.3 Å². The van der Waals surface area contributed by atoms with Gasteiger partial charge in [0.15, 0.2) is 6.04 Å². The standard InChI is InChI=1S/C22H26N4O5/c1-23-20(27)19(21(28)24-30)25(2)22(29)17-5-3-15(4-6-17)16-7-9-18(10-8-16)26-11-13-31-14-12-26/h3-10,19,30H,11-14H2,1-2H3,(H,23,27)(H,24,28). The zero-order chi connectivity index (χ0) is 22.4. The van der Waals surface area contributed by atoms with Crippen LogP contribution >= 0.6 is 0 Å². The number of nitrogens with zero attached hydrogens (tertiary/aromatic N) is 2. The van der Waals surface area contributed by atoms with Crippen molar-refractivity contribution in [3.8, 4) is 11.1 Å². The van der Waals surface area contributed by atoms with Crippen LogP contribution in [0.4, 0.5) is 5.69 Å². The molecule has 3 rings (SSSR count). The minimum atomic E-state index is -1.49. The average Bonchev–Trinajstić information content (AvgIpc) is 2.84. The van der Waals surface area contributed by atoms with Crippen LogP contribution in [-0.4, -0.2) is 74.3 Å². The summed E-state index contributed by atoms with van der Waals surface area (Å²) in [7, 11) is 2.67. The Morgan fingerprint density at radius 3 is 2.03 bits per heavy atom. The molecule has 0 bridgehead atoms. The van der Waals surface area contributed by atoms with Crippen molar-refractivity contribution in [1.82, 2.24) is 15.7 Å². The Balaban J connectivity index is 1.73. The molecule has 9 heteroatoms. The second kappa shape index (κ2) is 10.1. The molecule has 3 N–H and O–H groups in total. The zero-order valence-corrected chi connectivity index (χ0v) is 17.5. The van der Waals surface area contributed by atoms with Crippen molar-refractivity contribution in [3.05, 3.63) is 54.1 Å². The van der Waals surface area contributed by atoms with E-state index in [1.54, 1.807) is 12.1 Å². The van der Waals surface area contributed by atoms with E-state index in [0.717, 1.165) is 48.0 Å². The van der Waals surface area contributed by atoms with Crippen molar-refractivity contribution in [1.29, 1.82) is 0 Å². The van der Waals surface area contributed by atoms with Gasteiger partial charge in [-0.15, -0.1) is 0 Å². The quantitative estimate of drug-likeness (QED) is 0.359. The molecule has 164 valence electrons. The predicted molar refractivity (Wildman–Crippen MR) is 115 cm³/mol. The van der Waals surface area contributed by atoms with E-state index in [-0.39, 0.29) is 0 Å². The highest BCUT2D eigenvalue weighted by Crippen LogP contribution is 2.24. The first-order valence-electron chi connectivity index (χ1n) is 9.92. The number of ether oxygens (including phenoxy) is 1. The van der Waals surface area contributed by atoms with Crippen molar-refractivity contribution in [2.24, 2.45) is 0 Å². The Bertz CT molecular complexity index is 908. The van der Waals surface area contributed by atoms with Gasteiger partial charge in [-0.25, -0.2) is 5.48 Å². The molecule has 2 aromatic carbocycles. The molecule has 0 aromatic heterocycles. The molecule has 9 nitrogen and oxygen atoms in total. The van der Waals surface area contributed by atoms with Crippen LogP contribution in [0.15, 0.2) is 48.5 Å². The summed E-state index contributed by atoms with van der Waals surface area (Å²) in [5.41, 5.74) is 4.82. The number of hydrogen-bond acceptors (Lipinski definition) is 6. The van der Waals surface area contributed by atoms with Gasteiger partial charge in [-0.2, -0.15) is 0 Å². The first-order valence-corrected chi connectivity index (χ1v) is 9.92. The number of benzene rings is 2. The minimum Gasteiger partial charge on any atom is -0.378 e. The van der Waals surface area contributed by atoms with Crippen LogP contribution in [-0.2, 0) is 14.3 Å². The maximum Gasteiger partial charge on any atom is 0.275 e. The summed E-state index contributed by atoms with van der Waals surface area (Å²) in [4.78, 5) is 39.8. The topological polar surface area (TPSA) is 111 Å². The lowest BCUT2D eigenvalue weighted by Crippen LogP contribution is -2.54. The first kappa shape index (κ1) is 22.3. The molecule has 1 fully saturated rings. The highest BCUT2D eigenvalue weighted by Gasteiger charge is 2.33. The maximum absolute atomic E-state index is 12.8. The minimum absolute atomic E-state index is 0.316. The van der Waals surface area contributed by atoms with Crippen LogP contribution in [0.3, 0.4) is 0 Å². The number of carbonyl (C=O) groups excluding carboxylic acids is 3. The molecule has 0 radical (unpaired) electrons.